The molecule has 1 saturated carbocycles. The molecule has 0 bridgehead atoms. The number of anilines is 3. The number of cyclic esters (lactones) is 1. The van der Waals surface area contributed by atoms with Gasteiger partial charge in [-0.1, -0.05) is 6.58 Å². The number of hydrogen-bond donors (Lipinski definition) is 2. The number of carbonyl (C=O) groups is 2. The smallest absolute Gasteiger partial charge is 0.414 e. The second-order valence-electron chi connectivity index (χ2n) is 10.7. The van der Waals surface area contributed by atoms with Gasteiger partial charge in [-0.05, 0) is 55.5 Å². The van der Waals surface area contributed by atoms with Crippen LogP contribution in [0.1, 0.15) is 31.2 Å². The van der Waals surface area contributed by atoms with Crippen LogP contribution < -0.4 is 19.4 Å². The molecule has 3 heterocycles. The third-order valence-corrected chi connectivity index (χ3v) is 7.95. The van der Waals surface area contributed by atoms with Crippen LogP contribution in [0.15, 0.2) is 48.7 Å². The Kier molecular flexibility index (Phi) is 6.41. The fourth-order valence-corrected chi connectivity index (χ4v) is 5.44. The molecule has 6 rings (SSSR count). The van der Waals surface area contributed by atoms with E-state index in [1.807, 2.05) is 9.80 Å². The topological polar surface area (TPSA) is 103 Å². The minimum absolute atomic E-state index is 0.0397. The summed E-state index contributed by atoms with van der Waals surface area (Å²) >= 11 is 0. The molecule has 0 unspecified atom stereocenters. The fraction of sp³-hybridized carbons (Fsp3) is 0.379. The largest absolute Gasteiger partial charge is 0.488 e. The molecule has 2 N–H and O–H groups in total. The van der Waals surface area contributed by atoms with Crippen molar-refractivity contribution in [2.24, 2.45) is 0 Å². The van der Waals surface area contributed by atoms with Gasteiger partial charge in [-0.3, -0.25) is 4.90 Å². The summed E-state index contributed by atoms with van der Waals surface area (Å²) in [6.07, 6.45) is 3.44. The van der Waals surface area contributed by atoms with Gasteiger partial charge in [0, 0.05) is 37.0 Å². The molecule has 210 valence electrons. The van der Waals surface area contributed by atoms with E-state index in [0.717, 1.165) is 18.5 Å². The first kappa shape index (κ1) is 26.1. The lowest BCUT2D eigenvalue weighted by atomic mass is 9.90. The first-order valence-corrected chi connectivity index (χ1v) is 13.2. The average Bonchev–Trinajstić information content (AvgIpc) is 3.68. The van der Waals surface area contributed by atoms with Gasteiger partial charge in [-0.25, -0.2) is 18.4 Å². The zero-order valence-corrected chi connectivity index (χ0v) is 21.7. The number of rotatable bonds is 7. The summed E-state index contributed by atoms with van der Waals surface area (Å²) in [5.74, 6) is -2.29. The van der Waals surface area contributed by atoms with E-state index in [1.165, 1.54) is 23.1 Å². The zero-order valence-electron chi connectivity index (χ0n) is 21.7. The second-order valence-corrected chi connectivity index (χ2v) is 10.7. The van der Waals surface area contributed by atoms with Crippen LogP contribution in [0.3, 0.4) is 0 Å². The molecule has 1 aliphatic carbocycles. The summed E-state index contributed by atoms with van der Waals surface area (Å²) in [7, 11) is 0. The van der Waals surface area contributed by atoms with Crippen molar-refractivity contribution in [1.29, 1.82) is 0 Å². The normalized spacial score (nSPS) is 20.3. The Labute approximate surface area is 229 Å². The molecule has 9 nitrogen and oxygen atoms in total. The monoisotopic (exact) mass is 553 g/mol. The minimum Gasteiger partial charge on any atom is -0.488 e. The number of halogens is 2. The number of aliphatic carboxylic acids is 1. The summed E-state index contributed by atoms with van der Waals surface area (Å²) in [4.78, 5) is 28.5. The van der Waals surface area contributed by atoms with Crippen molar-refractivity contribution in [2.45, 2.75) is 37.3 Å². The second kappa shape index (κ2) is 9.81. The number of carboxylic acids is 1. The number of carboxylic acid groups (broad SMARTS) is 1. The predicted molar refractivity (Wildman–Crippen MR) is 144 cm³/mol. The van der Waals surface area contributed by atoms with Gasteiger partial charge in [0.2, 0.25) is 0 Å². The van der Waals surface area contributed by atoms with Gasteiger partial charge in [0.25, 0.3) is 0 Å². The van der Waals surface area contributed by atoms with Crippen LogP contribution in [-0.4, -0.2) is 66.8 Å². The number of amides is 1. The Hall–Kier alpha value is -4.12. The molecule has 3 aliphatic heterocycles. The van der Waals surface area contributed by atoms with Crippen LogP contribution in [0.5, 0.6) is 5.75 Å². The highest BCUT2D eigenvalue weighted by Crippen LogP contribution is 2.45. The van der Waals surface area contributed by atoms with Gasteiger partial charge in [0.15, 0.2) is 11.6 Å². The maximum absolute atomic E-state index is 15.4. The standard InChI is InChI=1S/C29H29F2N3O6/c1-17-20-13-22(30)25(14-24(20)34(18-2-3-18)15-21(17)27(35)36)32-8-6-29(38,7-9-32)16-40-26-5-4-19(12-23(26)31)33-10-11-39-28(33)37/h4-5,12-15,18,38H,1-3,6-11,16H2,(H,35,36). The molecule has 4 aliphatic rings. The molecule has 2 aromatic rings. The number of hydrogen-bond acceptors (Lipinski definition) is 7. The molecule has 2 saturated heterocycles. The molecule has 0 aromatic heterocycles. The lowest BCUT2D eigenvalue weighted by Gasteiger charge is -2.40. The molecule has 0 atom stereocenters. The molecule has 0 radical (unpaired) electrons. The maximum atomic E-state index is 15.4. The van der Waals surface area contributed by atoms with E-state index in [9.17, 15) is 24.2 Å². The lowest BCUT2D eigenvalue weighted by molar-refractivity contribution is -0.132. The zero-order chi connectivity index (χ0) is 28.2. The van der Waals surface area contributed by atoms with Crippen LogP contribution in [0, 0.1) is 11.6 Å². The average molecular weight is 554 g/mol. The Bertz CT molecular complexity index is 1430. The Morgan fingerprint density at radius 3 is 2.48 bits per heavy atom. The SMILES string of the molecule is C=C1C(C(=O)O)=CN(C2CC2)c2cc(N3CCC(O)(COc4ccc(N5CCOC5=O)cc4F)CC3)c(F)cc21. The van der Waals surface area contributed by atoms with Gasteiger partial charge in [0.05, 0.1) is 29.2 Å². The lowest BCUT2D eigenvalue weighted by Crippen LogP contribution is -2.48. The molecule has 2 aromatic carbocycles. The molecule has 40 heavy (non-hydrogen) atoms. The van der Waals surface area contributed by atoms with Gasteiger partial charge in [-0.2, -0.15) is 0 Å². The fourth-order valence-electron chi connectivity index (χ4n) is 5.44. The number of nitrogens with zero attached hydrogens (tertiary/aromatic N) is 3. The van der Waals surface area contributed by atoms with E-state index >= 15 is 4.39 Å². The molecular formula is C29H29F2N3O6. The van der Waals surface area contributed by atoms with Crippen LogP contribution in [0.2, 0.25) is 0 Å². The summed E-state index contributed by atoms with van der Waals surface area (Å²) in [5, 5.41) is 20.7. The van der Waals surface area contributed by atoms with Crippen molar-refractivity contribution >= 4 is 34.7 Å². The highest BCUT2D eigenvalue weighted by Gasteiger charge is 2.38. The molecule has 0 spiro atoms. The molecule has 11 heteroatoms. The summed E-state index contributed by atoms with van der Waals surface area (Å²) in [6, 6.07) is 7.42. The van der Waals surface area contributed by atoms with E-state index in [-0.39, 0.29) is 49.0 Å². The first-order chi connectivity index (χ1) is 19.1. The summed E-state index contributed by atoms with van der Waals surface area (Å²) in [6.45, 7) is 5.03. The maximum Gasteiger partial charge on any atom is 0.414 e. The molecule has 1 amide bonds. The number of fused-ring (bicyclic) bond motifs is 1. The Morgan fingerprint density at radius 2 is 1.85 bits per heavy atom. The van der Waals surface area contributed by atoms with Crippen molar-refractivity contribution in [3.63, 3.8) is 0 Å². The van der Waals surface area contributed by atoms with Gasteiger partial charge in [0.1, 0.15) is 24.6 Å². The first-order valence-electron chi connectivity index (χ1n) is 13.2. The number of ether oxygens (including phenoxy) is 2. The predicted octanol–water partition coefficient (Wildman–Crippen LogP) is 4.30. The third kappa shape index (κ3) is 4.74. The van der Waals surface area contributed by atoms with E-state index in [0.29, 0.717) is 36.6 Å². The van der Waals surface area contributed by atoms with E-state index in [2.05, 4.69) is 6.58 Å². The van der Waals surface area contributed by atoms with Crippen LogP contribution in [-0.2, 0) is 9.53 Å². The van der Waals surface area contributed by atoms with Crippen LogP contribution in [0.25, 0.3) is 5.57 Å². The summed E-state index contributed by atoms with van der Waals surface area (Å²) < 4.78 is 40.5. The molecular weight excluding hydrogens is 524 g/mol. The molecule has 3 fully saturated rings. The number of benzene rings is 2. The number of piperidine rings is 1. The number of carbonyl (C=O) groups excluding carboxylic acids is 1. The Morgan fingerprint density at radius 1 is 1.10 bits per heavy atom. The number of aliphatic hydroxyl groups is 1. The van der Waals surface area contributed by atoms with Crippen molar-refractivity contribution in [2.75, 3.05) is 47.5 Å². The third-order valence-electron chi connectivity index (χ3n) is 7.95. The Balaban J connectivity index is 1.13. The van der Waals surface area contributed by atoms with Gasteiger partial charge >= 0.3 is 12.1 Å². The van der Waals surface area contributed by atoms with Crippen molar-refractivity contribution < 1.29 is 38.1 Å². The summed E-state index contributed by atoms with van der Waals surface area (Å²) in [5.41, 5.74) is 1.01. The van der Waals surface area contributed by atoms with Crippen LogP contribution in [0.4, 0.5) is 30.6 Å². The van der Waals surface area contributed by atoms with Crippen LogP contribution >= 0.6 is 0 Å². The minimum atomic E-state index is -1.24. The van der Waals surface area contributed by atoms with Crippen molar-refractivity contribution in [1.82, 2.24) is 0 Å². The quantitative estimate of drug-likeness (QED) is 0.524. The van der Waals surface area contributed by atoms with Gasteiger partial charge in [-0.15, -0.1) is 0 Å². The van der Waals surface area contributed by atoms with E-state index in [4.69, 9.17) is 9.47 Å². The van der Waals surface area contributed by atoms with Crippen molar-refractivity contribution in [3.05, 3.63) is 65.9 Å². The van der Waals surface area contributed by atoms with Gasteiger partial charge < -0.3 is 29.5 Å². The van der Waals surface area contributed by atoms with E-state index < -0.39 is 29.3 Å². The van der Waals surface area contributed by atoms with Crippen molar-refractivity contribution in [3.8, 4) is 5.75 Å². The highest BCUT2D eigenvalue weighted by molar-refractivity contribution is 6.08. The van der Waals surface area contributed by atoms with E-state index in [1.54, 1.807) is 18.3 Å². The highest BCUT2D eigenvalue weighted by atomic mass is 19.1.